The molecule has 100 valence electrons. The Morgan fingerprint density at radius 1 is 1.39 bits per heavy atom. The van der Waals surface area contributed by atoms with Crippen molar-refractivity contribution in [3.05, 3.63) is 24.0 Å². The molecular formula is C15H24N2O. The van der Waals surface area contributed by atoms with E-state index >= 15 is 0 Å². The molecule has 0 aromatic carbocycles. The van der Waals surface area contributed by atoms with Crippen LogP contribution in [-0.4, -0.2) is 23.4 Å². The minimum Gasteiger partial charge on any atom is -0.368 e. The number of anilines is 1. The van der Waals surface area contributed by atoms with Crippen molar-refractivity contribution in [1.29, 1.82) is 0 Å². The van der Waals surface area contributed by atoms with E-state index in [1.165, 1.54) is 12.8 Å². The number of carbonyl (C=O) groups is 1. The molecule has 18 heavy (non-hydrogen) atoms. The number of aromatic nitrogens is 1. The lowest BCUT2D eigenvalue weighted by atomic mass is 10.1. The molecule has 0 spiro atoms. The normalized spacial score (nSPS) is 12.2. The quantitative estimate of drug-likeness (QED) is 0.690. The number of ketones is 1. The van der Waals surface area contributed by atoms with Gasteiger partial charge in [0.1, 0.15) is 5.69 Å². The summed E-state index contributed by atoms with van der Waals surface area (Å²) >= 11 is 0. The van der Waals surface area contributed by atoms with Crippen LogP contribution in [0.2, 0.25) is 0 Å². The highest BCUT2D eigenvalue weighted by atomic mass is 16.1. The minimum absolute atomic E-state index is 0.0187. The highest BCUT2D eigenvalue weighted by Crippen LogP contribution is 2.18. The first-order valence-corrected chi connectivity index (χ1v) is 6.83. The van der Waals surface area contributed by atoms with Gasteiger partial charge in [-0.2, -0.15) is 0 Å². The summed E-state index contributed by atoms with van der Waals surface area (Å²) in [6.45, 7) is 9.22. The van der Waals surface area contributed by atoms with Gasteiger partial charge in [-0.05, 0) is 31.9 Å². The SMILES string of the molecule is CCCCN(c1ccc(C(C)=O)nc1)C(C)CC. The molecule has 0 N–H and O–H groups in total. The van der Waals surface area contributed by atoms with E-state index < -0.39 is 0 Å². The van der Waals surface area contributed by atoms with Crippen LogP contribution >= 0.6 is 0 Å². The van der Waals surface area contributed by atoms with E-state index in [1.54, 1.807) is 6.92 Å². The van der Waals surface area contributed by atoms with E-state index in [0.29, 0.717) is 11.7 Å². The molecule has 1 atom stereocenters. The number of carbonyl (C=O) groups excluding carboxylic acids is 1. The molecule has 1 heterocycles. The first kappa shape index (κ1) is 14.7. The third kappa shape index (κ3) is 3.83. The van der Waals surface area contributed by atoms with Gasteiger partial charge in [0.05, 0.1) is 11.9 Å². The lowest BCUT2D eigenvalue weighted by molar-refractivity contribution is 0.101. The fourth-order valence-corrected chi connectivity index (χ4v) is 1.92. The summed E-state index contributed by atoms with van der Waals surface area (Å²) in [5, 5.41) is 0. The highest BCUT2D eigenvalue weighted by molar-refractivity contribution is 5.92. The molecule has 1 unspecified atom stereocenters. The fourth-order valence-electron chi connectivity index (χ4n) is 1.92. The van der Waals surface area contributed by atoms with E-state index in [9.17, 15) is 4.79 Å². The second kappa shape index (κ2) is 7.14. The van der Waals surface area contributed by atoms with Gasteiger partial charge in [0.25, 0.3) is 0 Å². The van der Waals surface area contributed by atoms with Crippen LogP contribution in [0.1, 0.15) is 57.4 Å². The second-order valence-corrected chi connectivity index (χ2v) is 4.76. The third-order valence-electron chi connectivity index (χ3n) is 3.32. The van der Waals surface area contributed by atoms with Crippen LogP contribution in [0.4, 0.5) is 5.69 Å². The number of pyridine rings is 1. The van der Waals surface area contributed by atoms with Crippen molar-refractivity contribution in [1.82, 2.24) is 4.98 Å². The van der Waals surface area contributed by atoms with Gasteiger partial charge in [-0.1, -0.05) is 20.3 Å². The van der Waals surface area contributed by atoms with Crippen LogP contribution in [0, 0.1) is 0 Å². The molecule has 1 rings (SSSR count). The zero-order valence-corrected chi connectivity index (χ0v) is 11.9. The van der Waals surface area contributed by atoms with Crippen molar-refractivity contribution in [2.24, 2.45) is 0 Å². The van der Waals surface area contributed by atoms with Gasteiger partial charge < -0.3 is 4.90 Å². The van der Waals surface area contributed by atoms with Gasteiger partial charge >= 0.3 is 0 Å². The molecule has 1 aromatic heterocycles. The van der Waals surface area contributed by atoms with Crippen LogP contribution in [0.5, 0.6) is 0 Å². The van der Waals surface area contributed by atoms with Crippen LogP contribution < -0.4 is 4.90 Å². The molecule has 0 aliphatic carbocycles. The second-order valence-electron chi connectivity index (χ2n) is 4.76. The Kier molecular flexibility index (Phi) is 5.83. The molecule has 0 saturated heterocycles. The lowest BCUT2D eigenvalue weighted by Gasteiger charge is -2.30. The highest BCUT2D eigenvalue weighted by Gasteiger charge is 2.13. The molecule has 0 bridgehead atoms. The molecule has 0 aliphatic rings. The summed E-state index contributed by atoms with van der Waals surface area (Å²) in [6, 6.07) is 4.33. The van der Waals surface area contributed by atoms with Crippen LogP contribution in [0.25, 0.3) is 0 Å². The number of rotatable bonds is 7. The van der Waals surface area contributed by atoms with E-state index in [2.05, 4.69) is 30.7 Å². The van der Waals surface area contributed by atoms with Crippen LogP contribution in [0.3, 0.4) is 0 Å². The molecule has 0 saturated carbocycles. The van der Waals surface area contributed by atoms with Crippen LogP contribution in [-0.2, 0) is 0 Å². The average Bonchev–Trinajstić information content (AvgIpc) is 2.39. The predicted octanol–water partition coefficient (Wildman–Crippen LogP) is 3.69. The Balaban J connectivity index is 2.87. The molecule has 3 nitrogen and oxygen atoms in total. The smallest absolute Gasteiger partial charge is 0.178 e. The number of hydrogen-bond acceptors (Lipinski definition) is 3. The maximum Gasteiger partial charge on any atom is 0.178 e. The average molecular weight is 248 g/mol. The van der Waals surface area contributed by atoms with Crippen LogP contribution in [0.15, 0.2) is 18.3 Å². The van der Waals surface area contributed by atoms with Gasteiger partial charge in [-0.15, -0.1) is 0 Å². The van der Waals surface area contributed by atoms with Crippen molar-refractivity contribution < 1.29 is 4.79 Å². The Bertz CT molecular complexity index is 373. The Labute approximate surface area is 110 Å². The molecule has 0 amide bonds. The van der Waals surface area contributed by atoms with E-state index in [-0.39, 0.29) is 5.78 Å². The van der Waals surface area contributed by atoms with Gasteiger partial charge in [0.15, 0.2) is 5.78 Å². The topological polar surface area (TPSA) is 33.2 Å². The van der Waals surface area contributed by atoms with Crippen molar-refractivity contribution in [3.8, 4) is 0 Å². The summed E-state index contributed by atoms with van der Waals surface area (Å²) in [6.07, 6.45) is 5.29. The molecule has 3 heteroatoms. The van der Waals surface area contributed by atoms with E-state index in [4.69, 9.17) is 0 Å². The van der Waals surface area contributed by atoms with Gasteiger partial charge in [-0.25, -0.2) is 0 Å². The van der Waals surface area contributed by atoms with Crippen molar-refractivity contribution in [2.75, 3.05) is 11.4 Å². The monoisotopic (exact) mass is 248 g/mol. The zero-order chi connectivity index (χ0) is 13.5. The largest absolute Gasteiger partial charge is 0.368 e. The third-order valence-corrected chi connectivity index (χ3v) is 3.32. The summed E-state index contributed by atoms with van der Waals surface area (Å²) in [4.78, 5) is 17.8. The van der Waals surface area contributed by atoms with Crippen molar-refractivity contribution in [2.45, 2.75) is 53.0 Å². The van der Waals surface area contributed by atoms with Gasteiger partial charge in [-0.3, -0.25) is 9.78 Å². The molecule has 0 radical (unpaired) electrons. The first-order chi connectivity index (χ1) is 8.60. The van der Waals surface area contributed by atoms with Gasteiger partial charge in [0.2, 0.25) is 0 Å². The number of hydrogen-bond donors (Lipinski definition) is 0. The summed E-state index contributed by atoms with van der Waals surface area (Å²) < 4.78 is 0. The molecule has 1 aromatic rings. The Morgan fingerprint density at radius 2 is 2.11 bits per heavy atom. The molecule has 0 aliphatic heterocycles. The summed E-state index contributed by atoms with van der Waals surface area (Å²) in [7, 11) is 0. The predicted molar refractivity (Wildman–Crippen MR) is 76.2 cm³/mol. The lowest BCUT2D eigenvalue weighted by Crippen LogP contribution is -2.33. The number of unbranched alkanes of at least 4 members (excludes halogenated alkanes) is 1. The fraction of sp³-hybridized carbons (Fsp3) is 0.600. The Morgan fingerprint density at radius 3 is 2.56 bits per heavy atom. The minimum atomic E-state index is 0.0187. The summed E-state index contributed by atoms with van der Waals surface area (Å²) in [5.74, 6) is 0.0187. The molecule has 0 fully saturated rings. The summed E-state index contributed by atoms with van der Waals surface area (Å²) in [5.41, 5.74) is 1.65. The standard InChI is InChI=1S/C15H24N2O/c1-5-7-10-17(12(3)6-2)14-8-9-15(13(4)18)16-11-14/h8-9,11-12H,5-7,10H2,1-4H3. The maximum absolute atomic E-state index is 11.2. The number of nitrogens with zero attached hydrogens (tertiary/aromatic N) is 2. The molecular weight excluding hydrogens is 224 g/mol. The van der Waals surface area contributed by atoms with Crippen molar-refractivity contribution >= 4 is 11.5 Å². The Hall–Kier alpha value is -1.38. The number of Topliss-reactive ketones (excluding diaryl/α,β-unsaturated/α-hetero) is 1. The maximum atomic E-state index is 11.2. The first-order valence-electron chi connectivity index (χ1n) is 6.83. The van der Waals surface area contributed by atoms with Gasteiger partial charge in [0, 0.05) is 19.5 Å². The van der Waals surface area contributed by atoms with Crippen molar-refractivity contribution in [3.63, 3.8) is 0 Å². The van der Waals surface area contributed by atoms with E-state index in [1.807, 2.05) is 18.3 Å². The van der Waals surface area contributed by atoms with E-state index in [0.717, 1.165) is 18.7 Å². The zero-order valence-electron chi connectivity index (χ0n) is 11.9.